The molecule has 0 aliphatic heterocycles. The quantitative estimate of drug-likeness (QED) is 0.394. The number of rotatable bonds is 8. The maximum Gasteiger partial charge on any atom is 0.251 e. The normalized spacial score (nSPS) is 14.9. The molecular weight excluding hydrogens is 442 g/mol. The zero-order valence-electron chi connectivity index (χ0n) is 20.5. The number of nitrogens with zero attached hydrogens (tertiary/aromatic N) is 3. The number of fused-ring (bicyclic) bond motifs is 2. The number of carbonyl (C=O) groups excluding carboxylic acids is 2. The highest BCUT2D eigenvalue weighted by Crippen LogP contribution is 2.46. The Hall–Kier alpha value is -3.59. The van der Waals surface area contributed by atoms with Crippen molar-refractivity contribution in [3.8, 4) is 0 Å². The van der Waals surface area contributed by atoms with Crippen molar-refractivity contribution in [2.45, 2.75) is 57.9 Å². The van der Waals surface area contributed by atoms with E-state index in [9.17, 15) is 9.59 Å². The van der Waals surface area contributed by atoms with Crippen molar-refractivity contribution in [3.63, 3.8) is 0 Å². The van der Waals surface area contributed by atoms with Gasteiger partial charge in [-0.05, 0) is 86.1 Å². The Morgan fingerprint density at radius 2 is 1.51 bits per heavy atom. The smallest absolute Gasteiger partial charge is 0.251 e. The van der Waals surface area contributed by atoms with Crippen LogP contribution in [-0.2, 0) is 18.3 Å². The first-order chi connectivity index (χ1) is 16.9. The number of aromatic nitrogens is 4. The SMILES string of the molecule is CCNC(=O)c1ccc2c(c1)CCc1cc(C(=O)NCC)ccc1C2(C[C@H](N)CC)c1nn[nH]n1. The Labute approximate surface area is 205 Å². The minimum absolute atomic E-state index is 0.106. The van der Waals surface area contributed by atoms with Gasteiger partial charge in [-0.3, -0.25) is 9.59 Å². The van der Waals surface area contributed by atoms with Gasteiger partial charge in [0.05, 0.1) is 5.41 Å². The predicted octanol–water partition coefficient (Wildman–Crippen LogP) is 2.26. The number of amides is 2. The van der Waals surface area contributed by atoms with Crippen molar-refractivity contribution in [1.29, 1.82) is 0 Å². The van der Waals surface area contributed by atoms with E-state index in [4.69, 9.17) is 5.73 Å². The summed E-state index contributed by atoms with van der Waals surface area (Å²) in [5.41, 5.74) is 11.1. The molecule has 1 aromatic heterocycles. The summed E-state index contributed by atoms with van der Waals surface area (Å²) >= 11 is 0. The third-order valence-corrected chi connectivity index (χ3v) is 6.81. The van der Waals surface area contributed by atoms with Crippen LogP contribution in [0.5, 0.6) is 0 Å². The van der Waals surface area contributed by atoms with Crippen molar-refractivity contribution in [2.24, 2.45) is 5.73 Å². The van der Waals surface area contributed by atoms with Crippen molar-refractivity contribution >= 4 is 11.8 Å². The molecule has 3 aromatic rings. The Morgan fingerprint density at radius 1 is 0.971 bits per heavy atom. The molecule has 0 bridgehead atoms. The van der Waals surface area contributed by atoms with E-state index in [1.807, 2.05) is 50.2 Å². The first-order valence-corrected chi connectivity index (χ1v) is 12.3. The predicted molar refractivity (Wildman–Crippen MR) is 133 cm³/mol. The molecule has 184 valence electrons. The van der Waals surface area contributed by atoms with Crippen LogP contribution in [0.25, 0.3) is 0 Å². The fourth-order valence-corrected chi connectivity index (χ4v) is 5.09. The van der Waals surface area contributed by atoms with E-state index in [-0.39, 0.29) is 17.9 Å². The van der Waals surface area contributed by atoms with Crippen LogP contribution in [0.15, 0.2) is 36.4 Å². The molecule has 9 heteroatoms. The highest BCUT2D eigenvalue weighted by Gasteiger charge is 2.45. The van der Waals surface area contributed by atoms with Crippen molar-refractivity contribution < 1.29 is 9.59 Å². The summed E-state index contributed by atoms with van der Waals surface area (Å²) in [6.07, 6.45) is 2.74. The summed E-state index contributed by atoms with van der Waals surface area (Å²) in [6.45, 7) is 6.98. The van der Waals surface area contributed by atoms with Crippen LogP contribution in [0.1, 0.15) is 82.4 Å². The van der Waals surface area contributed by atoms with Gasteiger partial charge < -0.3 is 16.4 Å². The molecule has 1 heterocycles. The number of hydrogen-bond donors (Lipinski definition) is 4. The summed E-state index contributed by atoms with van der Waals surface area (Å²) in [5, 5.41) is 21.2. The third kappa shape index (κ3) is 4.55. The topological polar surface area (TPSA) is 139 Å². The van der Waals surface area contributed by atoms with Gasteiger partial charge >= 0.3 is 0 Å². The minimum Gasteiger partial charge on any atom is -0.352 e. The minimum atomic E-state index is -0.775. The van der Waals surface area contributed by atoms with Gasteiger partial charge in [0, 0.05) is 30.3 Å². The first-order valence-electron chi connectivity index (χ1n) is 12.3. The molecule has 1 atom stereocenters. The van der Waals surface area contributed by atoms with E-state index in [0.29, 0.717) is 49.3 Å². The average molecular weight is 476 g/mol. The highest BCUT2D eigenvalue weighted by molar-refractivity contribution is 5.95. The molecule has 0 saturated carbocycles. The largest absolute Gasteiger partial charge is 0.352 e. The maximum absolute atomic E-state index is 12.6. The Morgan fingerprint density at radius 3 is 1.94 bits per heavy atom. The summed E-state index contributed by atoms with van der Waals surface area (Å²) in [5.74, 6) is 0.319. The lowest BCUT2D eigenvalue weighted by Gasteiger charge is -2.36. The molecule has 0 fully saturated rings. The summed E-state index contributed by atoms with van der Waals surface area (Å²) < 4.78 is 0. The van der Waals surface area contributed by atoms with Gasteiger partial charge in [0.2, 0.25) is 0 Å². The summed E-state index contributed by atoms with van der Waals surface area (Å²) in [6, 6.07) is 11.5. The number of benzene rings is 2. The number of H-pyrrole nitrogens is 1. The molecule has 9 nitrogen and oxygen atoms in total. The highest BCUT2D eigenvalue weighted by atomic mass is 16.2. The number of nitrogens with one attached hydrogen (secondary N) is 3. The fraction of sp³-hybridized carbons (Fsp3) is 0.423. The fourth-order valence-electron chi connectivity index (χ4n) is 5.09. The monoisotopic (exact) mass is 475 g/mol. The van der Waals surface area contributed by atoms with Crippen LogP contribution in [0.4, 0.5) is 0 Å². The van der Waals surface area contributed by atoms with Gasteiger partial charge in [-0.15, -0.1) is 10.2 Å². The van der Waals surface area contributed by atoms with Crippen molar-refractivity contribution in [3.05, 3.63) is 75.6 Å². The Balaban J connectivity index is 1.97. The molecule has 1 aliphatic carbocycles. The van der Waals surface area contributed by atoms with Crippen LogP contribution in [0.3, 0.4) is 0 Å². The lowest BCUT2D eigenvalue weighted by molar-refractivity contribution is 0.0947. The third-order valence-electron chi connectivity index (χ3n) is 6.81. The van der Waals surface area contributed by atoms with E-state index in [2.05, 4.69) is 38.2 Å². The maximum atomic E-state index is 12.6. The van der Waals surface area contributed by atoms with Gasteiger partial charge in [0.1, 0.15) is 0 Å². The molecule has 0 unspecified atom stereocenters. The average Bonchev–Trinajstić information content (AvgIpc) is 3.37. The van der Waals surface area contributed by atoms with Crippen LogP contribution in [-0.4, -0.2) is 51.6 Å². The zero-order chi connectivity index (χ0) is 25.0. The van der Waals surface area contributed by atoms with Crippen molar-refractivity contribution in [2.75, 3.05) is 13.1 Å². The second-order valence-electron chi connectivity index (χ2n) is 8.98. The van der Waals surface area contributed by atoms with Crippen molar-refractivity contribution in [1.82, 2.24) is 31.3 Å². The lowest BCUT2D eigenvalue weighted by Crippen LogP contribution is -2.39. The standard InChI is InChI=1S/C26H33N7O2/c1-4-20(27)15-26(25-30-32-33-31-25)21-11-9-18(23(34)28-5-2)13-16(21)7-8-17-14-19(10-12-22(17)26)24(35)29-6-3/h9-14,20H,4-8,15,27H2,1-3H3,(H,28,34)(H,29,35)(H,30,31,32,33)/t20-/m1/s1. The Kier molecular flexibility index (Phi) is 7.25. The molecular formula is C26H33N7O2. The summed E-state index contributed by atoms with van der Waals surface area (Å²) in [7, 11) is 0. The van der Waals surface area contributed by atoms with Gasteiger partial charge in [-0.1, -0.05) is 24.3 Å². The van der Waals surface area contributed by atoms with E-state index in [0.717, 1.165) is 28.7 Å². The van der Waals surface area contributed by atoms with Gasteiger partial charge in [-0.25, -0.2) is 0 Å². The molecule has 1 aliphatic rings. The number of carbonyl (C=O) groups is 2. The van der Waals surface area contributed by atoms with Crippen LogP contribution < -0.4 is 16.4 Å². The number of hydrogen-bond acceptors (Lipinski definition) is 6. The van der Waals surface area contributed by atoms with Gasteiger partial charge in [0.15, 0.2) is 5.82 Å². The number of tetrazole rings is 1. The lowest BCUT2D eigenvalue weighted by atomic mass is 9.67. The molecule has 0 spiro atoms. The van der Waals surface area contributed by atoms with E-state index in [1.54, 1.807) is 0 Å². The van der Waals surface area contributed by atoms with E-state index >= 15 is 0 Å². The Bertz CT molecular complexity index is 1140. The van der Waals surface area contributed by atoms with Crippen LogP contribution in [0, 0.1) is 0 Å². The zero-order valence-corrected chi connectivity index (χ0v) is 20.5. The second-order valence-corrected chi connectivity index (χ2v) is 8.98. The van der Waals surface area contributed by atoms with Gasteiger partial charge in [0.25, 0.3) is 11.8 Å². The second kappa shape index (κ2) is 10.4. The molecule has 0 saturated heterocycles. The first kappa shape index (κ1) is 24.5. The molecule has 5 N–H and O–H groups in total. The number of aryl methyl sites for hydroxylation is 2. The molecule has 35 heavy (non-hydrogen) atoms. The van der Waals surface area contributed by atoms with Gasteiger partial charge in [-0.2, -0.15) is 5.21 Å². The van der Waals surface area contributed by atoms with Crippen LogP contribution in [0.2, 0.25) is 0 Å². The molecule has 2 aromatic carbocycles. The molecule has 4 rings (SSSR count). The number of nitrogens with two attached hydrogens (primary N) is 1. The number of aromatic amines is 1. The van der Waals surface area contributed by atoms with E-state index in [1.165, 1.54) is 0 Å². The molecule has 2 amide bonds. The molecule has 0 radical (unpaired) electrons. The summed E-state index contributed by atoms with van der Waals surface area (Å²) in [4.78, 5) is 25.2. The van der Waals surface area contributed by atoms with E-state index < -0.39 is 5.41 Å². The van der Waals surface area contributed by atoms with Crippen LogP contribution >= 0.6 is 0 Å².